The Morgan fingerprint density at radius 3 is 1.48 bits per heavy atom. The second-order valence-electron chi connectivity index (χ2n) is 5.27. The Morgan fingerprint density at radius 1 is 0.952 bits per heavy atom. The Balaban J connectivity index is 0. The number of carboxylic acid groups (broad SMARTS) is 3. The van der Waals surface area contributed by atoms with Crippen LogP contribution in [0.4, 0.5) is 0 Å². The van der Waals surface area contributed by atoms with Crippen LogP contribution in [-0.2, 0) is 14.4 Å². The Morgan fingerprint density at radius 2 is 1.29 bits per heavy atom. The van der Waals surface area contributed by atoms with E-state index in [0.717, 1.165) is 0 Å². The number of quaternary nitrogens is 1. The second-order valence-corrected chi connectivity index (χ2v) is 5.27. The van der Waals surface area contributed by atoms with Gasteiger partial charge in [0.2, 0.25) is 0 Å². The van der Waals surface area contributed by atoms with Crippen molar-refractivity contribution in [3.05, 3.63) is 0 Å². The van der Waals surface area contributed by atoms with Crippen molar-refractivity contribution in [1.82, 2.24) is 0 Å². The Hall–Kier alpha value is -1.75. The third kappa shape index (κ3) is 13.0. The molecular weight excluding hydrogens is 290 g/mol. The number of carboxylic acids is 3. The Bertz CT molecular complexity index is 345. The molecule has 21 heavy (non-hydrogen) atoms. The van der Waals surface area contributed by atoms with Crippen LogP contribution in [0.3, 0.4) is 0 Å². The number of aliphatic hydroxyl groups is 3. The standard InChI is InChI=1S/C7H15NO3.C4H6O6/c1-8(2,3)5-6(9)4-7(10)11;5-1(3(7)8)2(6)4(9)10/h6,9H,4-5H2,1-3H3;1-2,5-6H,(H,7,8)(H,9,10)/t6-;/m1./s1. The van der Waals surface area contributed by atoms with Gasteiger partial charge in [-0.05, 0) is 0 Å². The van der Waals surface area contributed by atoms with Crippen molar-refractivity contribution in [2.45, 2.75) is 24.7 Å². The monoisotopic (exact) mass is 311 g/mol. The highest BCUT2D eigenvalue weighted by Gasteiger charge is 2.29. The molecule has 0 saturated heterocycles. The minimum absolute atomic E-state index is 0.282. The average Bonchev–Trinajstić information content (AvgIpc) is 2.23. The summed E-state index contributed by atoms with van der Waals surface area (Å²) in [7, 11) is 5.66. The molecule has 0 heterocycles. The molecule has 0 aromatic carbocycles. The van der Waals surface area contributed by atoms with Crippen molar-refractivity contribution >= 4 is 17.9 Å². The number of nitrogens with zero attached hydrogens (tertiary/aromatic N) is 1. The van der Waals surface area contributed by atoms with E-state index in [-0.39, 0.29) is 6.42 Å². The molecule has 0 aromatic rings. The van der Waals surface area contributed by atoms with Crippen LogP contribution >= 0.6 is 0 Å². The van der Waals surface area contributed by atoms with Crippen LogP contribution in [0.1, 0.15) is 6.42 Å². The first kappa shape index (κ1) is 21.5. The van der Waals surface area contributed by atoms with E-state index in [1.165, 1.54) is 0 Å². The fraction of sp³-hybridized carbons (Fsp3) is 0.727. The minimum Gasteiger partial charge on any atom is -0.550 e. The number of rotatable bonds is 7. The first-order valence-electron chi connectivity index (χ1n) is 5.78. The zero-order valence-electron chi connectivity index (χ0n) is 12.0. The van der Waals surface area contributed by atoms with E-state index in [1.54, 1.807) is 0 Å². The van der Waals surface area contributed by atoms with Crippen LogP contribution in [0.5, 0.6) is 0 Å². The SMILES string of the molecule is C[N+](C)(C)C[C@H](O)CC(=O)[O-].O=C(O)C(O)C(O)C(=O)O. The molecule has 0 spiro atoms. The number of hydrogen-bond acceptors (Lipinski definition) is 7. The van der Waals surface area contributed by atoms with Crippen LogP contribution in [0.25, 0.3) is 0 Å². The summed E-state index contributed by atoms with van der Waals surface area (Å²) in [6, 6.07) is 0. The summed E-state index contributed by atoms with van der Waals surface area (Å²) in [5.41, 5.74) is 0. The fourth-order valence-electron chi connectivity index (χ4n) is 1.16. The maximum atomic E-state index is 10.0. The summed E-state index contributed by atoms with van der Waals surface area (Å²) < 4.78 is 0.550. The molecule has 0 aliphatic carbocycles. The van der Waals surface area contributed by atoms with Crippen molar-refractivity contribution in [1.29, 1.82) is 0 Å². The largest absolute Gasteiger partial charge is 0.550 e. The van der Waals surface area contributed by atoms with E-state index >= 15 is 0 Å². The van der Waals surface area contributed by atoms with Crippen molar-refractivity contribution in [2.75, 3.05) is 27.7 Å². The lowest BCUT2D eigenvalue weighted by atomic mass is 10.2. The minimum atomic E-state index is -2.27. The number of carbonyl (C=O) groups is 3. The molecule has 0 rings (SSSR count). The van der Waals surface area contributed by atoms with Crippen LogP contribution in [-0.4, -0.2) is 93.9 Å². The van der Waals surface area contributed by atoms with E-state index < -0.39 is 36.2 Å². The molecule has 0 aromatic heterocycles. The molecule has 0 amide bonds. The molecule has 5 N–H and O–H groups in total. The molecule has 3 atom stereocenters. The van der Waals surface area contributed by atoms with Gasteiger partial charge in [-0.1, -0.05) is 0 Å². The number of hydrogen-bond donors (Lipinski definition) is 5. The highest BCUT2D eigenvalue weighted by molar-refractivity contribution is 5.83. The normalized spacial score (nSPS) is 15.1. The predicted molar refractivity (Wildman–Crippen MR) is 65.8 cm³/mol. The molecule has 2 unspecified atom stereocenters. The summed E-state index contributed by atoms with van der Waals surface area (Å²) in [6.45, 7) is 0.425. The fourth-order valence-corrected chi connectivity index (χ4v) is 1.16. The van der Waals surface area contributed by atoms with Crippen molar-refractivity contribution in [3.8, 4) is 0 Å². The van der Waals surface area contributed by atoms with Gasteiger partial charge < -0.3 is 39.9 Å². The summed E-state index contributed by atoms with van der Waals surface area (Å²) in [6.07, 6.45) is -5.62. The Kier molecular flexibility index (Phi) is 9.47. The van der Waals surface area contributed by atoms with E-state index in [9.17, 15) is 19.5 Å². The molecule has 124 valence electrons. The zero-order chi connectivity index (χ0) is 17.4. The van der Waals surface area contributed by atoms with Crippen LogP contribution in [0.2, 0.25) is 0 Å². The molecule has 10 nitrogen and oxygen atoms in total. The van der Waals surface area contributed by atoms with E-state index in [1.807, 2.05) is 21.1 Å². The third-order valence-electron chi connectivity index (χ3n) is 1.97. The quantitative estimate of drug-likeness (QED) is 0.294. The van der Waals surface area contributed by atoms with Crippen molar-refractivity contribution in [2.24, 2.45) is 0 Å². The van der Waals surface area contributed by atoms with Gasteiger partial charge >= 0.3 is 11.9 Å². The average molecular weight is 311 g/mol. The van der Waals surface area contributed by atoms with Gasteiger partial charge in [-0.25, -0.2) is 9.59 Å². The lowest BCUT2D eigenvalue weighted by Crippen LogP contribution is -2.43. The van der Waals surface area contributed by atoms with E-state index in [0.29, 0.717) is 11.0 Å². The van der Waals surface area contributed by atoms with Gasteiger partial charge in [0.15, 0.2) is 12.2 Å². The van der Waals surface area contributed by atoms with Crippen LogP contribution in [0.15, 0.2) is 0 Å². The van der Waals surface area contributed by atoms with E-state index in [4.69, 9.17) is 25.5 Å². The summed E-state index contributed by atoms with van der Waals surface area (Å²) in [5.74, 6) is -4.74. The molecule has 0 bridgehead atoms. The topological polar surface area (TPSA) is 175 Å². The predicted octanol–water partition coefficient (Wildman–Crippen LogP) is -3.93. The number of carbonyl (C=O) groups excluding carboxylic acids is 1. The summed E-state index contributed by atoms with van der Waals surface area (Å²) in [4.78, 5) is 29.6. The number of likely N-dealkylation sites (N-methyl/N-ethyl adjacent to an activating group) is 1. The van der Waals surface area contributed by atoms with Gasteiger partial charge in [0, 0.05) is 12.4 Å². The molecule has 10 heteroatoms. The van der Waals surface area contributed by atoms with Crippen molar-refractivity contribution < 1.29 is 49.5 Å². The first-order chi connectivity index (χ1) is 9.27. The molecule has 0 aliphatic heterocycles. The van der Waals surface area contributed by atoms with Crippen molar-refractivity contribution in [3.63, 3.8) is 0 Å². The molecule has 0 aliphatic rings. The third-order valence-corrected chi connectivity index (χ3v) is 1.97. The number of aliphatic carboxylic acids is 3. The first-order valence-corrected chi connectivity index (χ1v) is 5.78. The molecule has 0 fully saturated rings. The highest BCUT2D eigenvalue weighted by Crippen LogP contribution is 1.97. The van der Waals surface area contributed by atoms with Crippen LogP contribution < -0.4 is 5.11 Å². The van der Waals surface area contributed by atoms with Gasteiger partial charge in [0.1, 0.15) is 12.6 Å². The lowest BCUT2D eigenvalue weighted by Gasteiger charge is -2.26. The maximum Gasteiger partial charge on any atom is 0.335 e. The lowest BCUT2D eigenvalue weighted by molar-refractivity contribution is -0.873. The summed E-state index contributed by atoms with van der Waals surface area (Å²) >= 11 is 0. The van der Waals surface area contributed by atoms with Gasteiger partial charge in [0.05, 0.1) is 21.1 Å². The number of aliphatic hydroxyl groups excluding tert-OH is 3. The van der Waals surface area contributed by atoms with Gasteiger partial charge in [-0.2, -0.15) is 0 Å². The van der Waals surface area contributed by atoms with Gasteiger partial charge in [-0.3, -0.25) is 0 Å². The summed E-state index contributed by atoms with van der Waals surface area (Å²) in [5, 5.41) is 51.7. The van der Waals surface area contributed by atoms with Crippen LogP contribution in [0, 0.1) is 0 Å². The molecule has 0 radical (unpaired) electrons. The zero-order valence-corrected chi connectivity index (χ0v) is 12.0. The van der Waals surface area contributed by atoms with E-state index in [2.05, 4.69) is 0 Å². The molecular formula is C11H21NO9. The second kappa shape index (κ2) is 9.23. The maximum absolute atomic E-state index is 10.0. The Labute approximate surface area is 121 Å². The van der Waals surface area contributed by atoms with Gasteiger partial charge in [-0.15, -0.1) is 0 Å². The highest BCUT2D eigenvalue weighted by atomic mass is 16.4. The molecule has 0 saturated carbocycles. The smallest absolute Gasteiger partial charge is 0.335 e. The van der Waals surface area contributed by atoms with Gasteiger partial charge in [0.25, 0.3) is 0 Å².